The number of benzene rings is 1. The van der Waals surface area contributed by atoms with Crippen molar-refractivity contribution in [2.45, 2.75) is 43.9 Å². The molecule has 1 fully saturated rings. The highest BCUT2D eigenvalue weighted by Gasteiger charge is 2.42. The average molecular weight is 337 g/mol. The number of nitrogens with one attached hydrogen (secondary N) is 1. The van der Waals surface area contributed by atoms with Crippen molar-refractivity contribution in [1.29, 1.82) is 0 Å². The number of nitrogens with zero attached hydrogens (tertiary/aromatic N) is 2. The average Bonchev–Trinajstić information content (AvgIpc) is 3.13. The van der Waals surface area contributed by atoms with Gasteiger partial charge >= 0.3 is 0 Å². The minimum absolute atomic E-state index is 0.0302. The van der Waals surface area contributed by atoms with Gasteiger partial charge < -0.3 is 9.84 Å². The van der Waals surface area contributed by atoms with Crippen LogP contribution in [0.2, 0.25) is 0 Å². The molecule has 1 aromatic heterocycles. The Balaban J connectivity index is 1.64. The van der Waals surface area contributed by atoms with E-state index in [-0.39, 0.29) is 42.4 Å². The first-order valence-corrected chi connectivity index (χ1v) is 7.75. The zero-order chi connectivity index (χ0) is 16.9. The third kappa shape index (κ3) is 2.65. The smallest absolute Gasteiger partial charge is 0.260 e. The van der Waals surface area contributed by atoms with Crippen LogP contribution in [0.25, 0.3) is 11.5 Å². The Hall–Kier alpha value is -2.38. The second kappa shape index (κ2) is 5.32. The molecule has 5 nitrogen and oxygen atoms in total. The monoisotopic (exact) mass is 337 g/mol. The fourth-order valence-electron chi connectivity index (χ4n) is 3.25. The van der Waals surface area contributed by atoms with E-state index < -0.39 is 17.7 Å². The molecule has 2 aromatic rings. The van der Waals surface area contributed by atoms with E-state index in [4.69, 9.17) is 4.52 Å². The van der Waals surface area contributed by atoms with Gasteiger partial charge in [0.1, 0.15) is 5.82 Å². The van der Waals surface area contributed by atoms with Crippen molar-refractivity contribution in [3.05, 3.63) is 29.3 Å². The summed E-state index contributed by atoms with van der Waals surface area (Å²) in [5.74, 6) is -3.79. The van der Waals surface area contributed by atoms with E-state index in [9.17, 15) is 18.0 Å². The number of hydrogen-bond acceptors (Lipinski definition) is 4. The molecule has 1 aliphatic heterocycles. The van der Waals surface area contributed by atoms with Gasteiger partial charge in [-0.2, -0.15) is 4.98 Å². The lowest BCUT2D eigenvalue weighted by Gasteiger charge is -2.17. The standard InChI is InChI=1S/C16H14F3N3O2/c17-11-6-12-8(1-2-13(23)20-12)5-10(11)15-21-14(22-24-15)9-3-4-16(18,19)7-9/h5-6,9H,1-4,7H2,(H,20,23). The third-order valence-corrected chi connectivity index (χ3v) is 4.53. The quantitative estimate of drug-likeness (QED) is 0.908. The summed E-state index contributed by atoms with van der Waals surface area (Å²) in [5.41, 5.74) is 1.33. The second-order valence-corrected chi connectivity index (χ2v) is 6.29. The van der Waals surface area contributed by atoms with Crippen molar-refractivity contribution < 1.29 is 22.5 Å². The summed E-state index contributed by atoms with van der Waals surface area (Å²) in [7, 11) is 0. The molecule has 0 radical (unpaired) electrons. The molecule has 1 aliphatic carbocycles. The van der Waals surface area contributed by atoms with Gasteiger partial charge in [0.25, 0.3) is 5.89 Å². The lowest BCUT2D eigenvalue weighted by molar-refractivity contribution is -0.116. The van der Waals surface area contributed by atoms with Gasteiger partial charge in [0, 0.05) is 30.9 Å². The predicted molar refractivity (Wildman–Crippen MR) is 78.2 cm³/mol. The normalized spacial score (nSPS) is 22.3. The van der Waals surface area contributed by atoms with Crippen LogP contribution in [-0.2, 0) is 11.2 Å². The van der Waals surface area contributed by atoms with Gasteiger partial charge in [-0.3, -0.25) is 4.79 Å². The Morgan fingerprint density at radius 2 is 2.12 bits per heavy atom. The highest BCUT2D eigenvalue weighted by molar-refractivity contribution is 5.94. The number of hydrogen-bond donors (Lipinski definition) is 1. The van der Waals surface area contributed by atoms with Crippen LogP contribution >= 0.6 is 0 Å². The van der Waals surface area contributed by atoms with E-state index in [1.807, 2.05) is 0 Å². The Kier molecular flexibility index (Phi) is 3.36. The molecule has 1 unspecified atom stereocenters. The van der Waals surface area contributed by atoms with Crippen LogP contribution in [0.15, 0.2) is 16.7 Å². The summed E-state index contributed by atoms with van der Waals surface area (Å²) >= 11 is 0. The molecule has 1 aromatic carbocycles. The predicted octanol–water partition coefficient (Wildman–Crippen LogP) is 3.66. The Morgan fingerprint density at radius 1 is 1.29 bits per heavy atom. The van der Waals surface area contributed by atoms with E-state index in [1.54, 1.807) is 6.07 Å². The summed E-state index contributed by atoms with van der Waals surface area (Å²) < 4.78 is 46.0. The van der Waals surface area contributed by atoms with Crippen molar-refractivity contribution in [2.75, 3.05) is 5.32 Å². The molecule has 1 N–H and O–H groups in total. The van der Waals surface area contributed by atoms with Crippen molar-refractivity contribution >= 4 is 11.6 Å². The van der Waals surface area contributed by atoms with Crippen molar-refractivity contribution in [2.24, 2.45) is 0 Å². The number of carbonyl (C=O) groups is 1. The molecule has 1 saturated carbocycles. The number of anilines is 1. The molecule has 0 saturated heterocycles. The number of alkyl halides is 2. The van der Waals surface area contributed by atoms with E-state index in [2.05, 4.69) is 15.5 Å². The van der Waals surface area contributed by atoms with E-state index >= 15 is 0 Å². The van der Waals surface area contributed by atoms with Crippen molar-refractivity contribution in [3.8, 4) is 11.5 Å². The maximum atomic E-state index is 14.3. The van der Waals surface area contributed by atoms with Crippen LogP contribution in [0.3, 0.4) is 0 Å². The Labute approximate surface area is 135 Å². The number of aromatic nitrogens is 2. The van der Waals surface area contributed by atoms with Gasteiger partial charge in [0.15, 0.2) is 5.82 Å². The molecule has 0 bridgehead atoms. The fraction of sp³-hybridized carbons (Fsp3) is 0.438. The molecule has 8 heteroatoms. The Bertz CT molecular complexity index is 819. The highest BCUT2D eigenvalue weighted by atomic mass is 19.3. The van der Waals surface area contributed by atoms with Gasteiger partial charge in [-0.1, -0.05) is 5.16 Å². The van der Waals surface area contributed by atoms with Crippen LogP contribution in [0, 0.1) is 5.82 Å². The maximum Gasteiger partial charge on any atom is 0.260 e. The number of halogens is 3. The largest absolute Gasteiger partial charge is 0.334 e. The van der Waals surface area contributed by atoms with Crippen molar-refractivity contribution in [1.82, 2.24) is 10.1 Å². The summed E-state index contributed by atoms with van der Waals surface area (Å²) in [6.45, 7) is 0. The van der Waals surface area contributed by atoms with Crippen LogP contribution in [0.4, 0.5) is 18.9 Å². The summed E-state index contributed by atoms with van der Waals surface area (Å²) in [6.07, 6.45) is 0.582. The van der Waals surface area contributed by atoms with Crippen LogP contribution in [0.1, 0.15) is 43.0 Å². The Morgan fingerprint density at radius 3 is 2.88 bits per heavy atom. The minimum Gasteiger partial charge on any atom is -0.334 e. The third-order valence-electron chi connectivity index (χ3n) is 4.53. The van der Waals surface area contributed by atoms with E-state index in [0.717, 1.165) is 5.56 Å². The fourth-order valence-corrected chi connectivity index (χ4v) is 3.25. The first-order chi connectivity index (χ1) is 11.4. The minimum atomic E-state index is -2.71. The first kappa shape index (κ1) is 15.2. The van der Waals surface area contributed by atoms with E-state index in [1.165, 1.54) is 6.07 Å². The number of fused-ring (bicyclic) bond motifs is 1. The van der Waals surface area contributed by atoms with Crippen LogP contribution in [0.5, 0.6) is 0 Å². The molecular formula is C16H14F3N3O2. The topological polar surface area (TPSA) is 68.0 Å². The molecule has 4 rings (SSSR count). The van der Waals surface area contributed by atoms with Crippen LogP contribution < -0.4 is 5.32 Å². The number of aryl methyl sites for hydroxylation is 1. The van der Waals surface area contributed by atoms with Gasteiger partial charge in [-0.25, -0.2) is 13.2 Å². The highest BCUT2D eigenvalue weighted by Crippen LogP contribution is 2.43. The number of rotatable bonds is 2. The number of carbonyl (C=O) groups excluding carboxylic acids is 1. The summed E-state index contributed by atoms with van der Waals surface area (Å²) in [4.78, 5) is 15.5. The first-order valence-electron chi connectivity index (χ1n) is 7.75. The molecule has 126 valence electrons. The molecular weight excluding hydrogens is 323 g/mol. The SMILES string of the molecule is O=C1CCc2cc(-c3nc(C4CCC(F)(F)C4)no3)c(F)cc2N1. The zero-order valence-electron chi connectivity index (χ0n) is 12.6. The van der Waals surface area contributed by atoms with Gasteiger partial charge in [-0.05, 0) is 30.5 Å². The maximum absolute atomic E-state index is 14.3. The van der Waals surface area contributed by atoms with Crippen LogP contribution in [-0.4, -0.2) is 22.0 Å². The molecule has 2 aliphatic rings. The van der Waals surface area contributed by atoms with Gasteiger partial charge in [-0.15, -0.1) is 0 Å². The summed E-state index contributed by atoms with van der Waals surface area (Å²) in [5, 5.41) is 6.36. The molecule has 0 spiro atoms. The summed E-state index contributed by atoms with van der Waals surface area (Å²) in [6, 6.07) is 2.78. The zero-order valence-corrected chi connectivity index (χ0v) is 12.6. The second-order valence-electron chi connectivity index (χ2n) is 6.29. The molecule has 2 heterocycles. The van der Waals surface area contributed by atoms with Gasteiger partial charge in [0.2, 0.25) is 11.8 Å². The number of amides is 1. The molecule has 1 amide bonds. The molecule has 24 heavy (non-hydrogen) atoms. The van der Waals surface area contributed by atoms with Gasteiger partial charge in [0.05, 0.1) is 5.56 Å². The lowest BCUT2D eigenvalue weighted by Crippen LogP contribution is -2.19. The van der Waals surface area contributed by atoms with Crippen molar-refractivity contribution in [3.63, 3.8) is 0 Å². The lowest BCUT2D eigenvalue weighted by atomic mass is 10.00. The molecule has 1 atom stereocenters. The van der Waals surface area contributed by atoms with E-state index in [0.29, 0.717) is 18.5 Å².